The zero-order chi connectivity index (χ0) is 18.5. The summed E-state index contributed by atoms with van der Waals surface area (Å²) in [6.07, 6.45) is 2.28. The highest BCUT2D eigenvalue weighted by Gasteiger charge is 2.29. The Morgan fingerprint density at radius 3 is 2.81 bits per heavy atom. The maximum absolute atomic E-state index is 12.6. The van der Waals surface area contributed by atoms with Gasteiger partial charge in [-0.2, -0.15) is 0 Å². The Kier molecular flexibility index (Phi) is 5.88. The molecule has 2 aromatic rings. The number of ether oxygens (including phenoxy) is 1. The third-order valence-electron chi connectivity index (χ3n) is 4.36. The minimum atomic E-state index is -0.841. The van der Waals surface area contributed by atoms with Crippen LogP contribution in [-0.4, -0.2) is 46.6 Å². The summed E-state index contributed by atoms with van der Waals surface area (Å²) in [5, 5.41) is 11.7. The lowest BCUT2D eigenvalue weighted by Gasteiger charge is -2.30. The van der Waals surface area contributed by atoms with E-state index in [1.807, 2.05) is 24.3 Å². The summed E-state index contributed by atoms with van der Waals surface area (Å²) < 4.78 is 5.57. The van der Waals surface area contributed by atoms with Gasteiger partial charge in [0.1, 0.15) is 16.5 Å². The van der Waals surface area contributed by atoms with Gasteiger partial charge in [-0.15, -0.1) is 11.3 Å². The van der Waals surface area contributed by atoms with Gasteiger partial charge in [0.2, 0.25) is 0 Å². The number of thiazole rings is 1. The summed E-state index contributed by atoms with van der Waals surface area (Å²) in [5.41, 5.74) is 1.31. The SMILES string of the molecule is CCCOc1ccc(-c2nc(C(=O)N3CCCC(C(=O)O)C3)cs2)cc1. The summed E-state index contributed by atoms with van der Waals surface area (Å²) in [7, 11) is 0. The zero-order valence-electron chi connectivity index (χ0n) is 14.7. The van der Waals surface area contributed by atoms with E-state index < -0.39 is 11.9 Å². The van der Waals surface area contributed by atoms with Gasteiger partial charge in [0, 0.05) is 24.0 Å². The van der Waals surface area contributed by atoms with E-state index in [-0.39, 0.29) is 12.5 Å². The van der Waals surface area contributed by atoms with Gasteiger partial charge in [-0.3, -0.25) is 9.59 Å². The first-order chi connectivity index (χ1) is 12.6. The van der Waals surface area contributed by atoms with Crippen LogP contribution in [0.5, 0.6) is 5.75 Å². The molecule has 1 unspecified atom stereocenters. The zero-order valence-corrected chi connectivity index (χ0v) is 15.5. The minimum Gasteiger partial charge on any atom is -0.494 e. The molecule has 1 N–H and O–H groups in total. The number of aliphatic carboxylic acids is 1. The van der Waals surface area contributed by atoms with Gasteiger partial charge in [-0.05, 0) is 43.5 Å². The summed E-state index contributed by atoms with van der Waals surface area (Å²) in [5.74, 6) is -0.703. The van der Waals surface area contributed by atoms with E-state index in [0.29, 0.717) is 31.7 Å². The highest BCUT2D eigenvalue weighted by Crippen LogP contribution is 2.27. The highest BCUT2D eigenvalue weighted by molar-refractivity contribution is 7.13. The minimum absolute atomic E-state index is 0.193. The lowest BCUT2D eigenvalue weighted by molar-refractivity contribution is -0.143. The molecule has 0 radical (unpaired) electrons. The lowest BCUT2D eigenvalue weighted by Crippen LogP contribution is -2.42. The predicted octanol–water partition coefficient (Wildman–Crippen LogP) is 3.54. The van der Waals surface area contributed by atoms with E-state index in [9.17, 15) is 14.7 Å². The van der Waals surface area contributed by atoms with Crippen LogP contribution < -0.4 is 4.74 Å². The lowest BCUT2D eigenvalue weighted by atomic mass is 9.98. The summed E-state index contributed by atoms with van der Waals surface area (Å²) >= 11 is 1.41. The van der Waals surface area contributed by atoms with Crippen molar-refractivity contribution in [2.45, 2.75) is 26.2 Å². The molecule has 1 saturated heterocycles. The monoisotopic (exact) mass is 374 g/mol. The second kappa shape index (κ2) is 8.31. The molecule has 1 aliphatic rings. The van der Waals surface area contributed by atoms with Crippen molar-refractivity contribution < 1.29 is 19.4 Å². The molecular formula is C19H22N2O4S. The van der Waals surface area contributed by atoms with Crippen molar-refractivity contribution in [1.82, 2.24) is 9.88 Å². The number of benzene rings is 1. The predicted molar refractivity (Wildman–Crippen MR) is 99.6 cm³/mol. The average Bonchev–Trinajstić information content (AvgIpc) is 3.16. The van der Waals surface area contributed by atoms with Crippen molar-refractivity contribution in [3.8, 4) is 16.3 Å². The topological polar surface area (TPSA) is 79.7 Å². The standard InChI is InChI=1S/C19H22N2O4S/c1-2-10-25-15-7-5-13(6-8-15)17-20-16(12-26-17)18(22)21-9-3-4-14(11-21)19(23)24/h5-8,12,14H,2-4,9-11H2,1H3,(H,23,24). The van der Waals surface area contributed by atoms with E-state index in [4.69, 9.17) is 4.74 Å². The molecule has 2 heterocycles. The molecule has 0 saturated carbocycles. The Morgan fingerprint density at radius 2 is 2.12 bits per heavy atom. The molecule has 138 valence electrons. The summed E-state index contributed by atoms with van der Waals surface area (Å²) in [6, 6.07) is 7.66. The quantitative estimate of drug-likeness (QED) is 0.837. The molecule has 1 aromatic heterocycles. The second-order valence-corrected chi connectivity index (χ2v) is 7.20. The van der Waals surface area contributed by atoms with Gasteiger partial charge >= 0.3 is 5.97 Å². The molecule has 0 aliphatic carbocycles. The van der Waals surface area contributed by atoms with Crippen LogP contribution in [-0.2, 0) is 4.79 Å². The number of aromatic nitrogens is 1. The Morgan fingerprint density at radius 1 is 1.35 bits per heavy atom. The Balaban J connectivity index is 1.69. The van der Waals surface area contributed by atoms with Gasteiger partial charge < -0.3 is 14.7 Å². The fourth-order valence-electron chi connectivity index (χ4n) is 2.94. The third kappa shape index (κ3) is 4.22. The highest BCUT2D eigenvalue weighted by atomic mass is 32.1. The largest absolute Gasteiger partial charge is 0.494 e. The number of nitrogens with zero attached hydrogens (tertiary/aromatic N) is 2. The second-order valence-electron chi connectivity index (χ2n) is 6.34. The Labute approximate surface area is 156 Å². The van der Waals surface area contributed by atoms with Crippen LogP contribution in [0.15, 0.2) is 29.6 Å². The smallest absolute Gasteiger partial charge is 0.308 e. The number of hydrogen-bond acceptors (Lipinski definition) is 5. The number of carboxylic acids is 1. The van der Waals surface area contributed by atoms with Gasteiger partial charge in [0.05, 0.1) is 12.5 Å². The fourth-order valence-corrected chi connectivity index (χ4v) is 3.74. The first kappa shape index (κ1) is 18.4. The van der Waals surface area contributed by atoms with Crippen LogP contribution in [0.4, 0.5) is 0 Å². The molecule has 3 rings (SSSR count). The number of amides is 1. The molecule has 6 nitrogen and oxygen atoms in total. The normalized spacial score (nSPS) is 17.1. The van der Waals surface area contributed by atoms with Crippen molar-refractivity contribution in [3.05, 3.63) is 35.3 Å². The number of carbonyl (C=O) groups excluding carboxylic acids is 1. The van der Waals surface area contributed by atoms with Gasteiger partial charge in [0.25, 0.3) is 5.91 Å². The van der Waals surface area contributed by atoms with Crippen LogP contribution >= 0.6 is 11.3 Å². The molecule has 1 fully saturated rings. The maximum atomic E-state index is 12.6. The number of piperidine rings is 1. The van der Waals surface area contributed by atoms with Gasteiger partial charge in [0.15, 0.2) is 0 Å². The van der Waals surface area contributed by atoms with Gasteiger partial charge in [-0.25, -0.2) is 4.98 Å². The molecule has 0 bridgehead atoms. The van der Waals surface area contributed by atoms with Crippen LogP contribution in [0.3, 0.4) is 0 Å². The van der Waals surface area contributed by atoms with E-state index >= 15 is 0 Å². The van der Waals surface area contributed by atoms with Crippen molar-refractivity contribution in [3.63, 3.8) is 0 Å². The van der Waals surface area contributed by atoms with Crippen LogP contribution in [0.25, 0.3) is 10.6 Å². The molecule has 1 atom stereocenters. The van der Waals surface area contributed by atoms with E-state index in [1.54, 1.807) is 10.3 Å². The van der Waals surface area contributed by atoms with E-state index in [2.05, 4.69) is 11.9 Å². The maximum Gasteiger partial charge on any atom is 0.308 e. The molecule has 1 aliphatic heterocycles. The summed E-state index contributed by atoms with van der Waals surface area (Å²) in [6.45, 7) is 3.58. The Hall–Kier alpha value is -2.41. The van der Waals surface area contributed by atoms with Crippen LogP contribution in [0.1, 0.15) is 36.7 Å². The number of hydrogen-bond donors (Lipinski definition) is 1. The molecule has 0 spiro atoms. The molecular weight excluding hydrogens is 352 g/mol. The Bertz CT molecular complexity index is 772. The van der Waals surface area contributed by atoms with Crippen molar-refractivity contribution in [2.75, 3.05) is 19.7 Å². The average molecular weight is 374 g/mol. The van der Waals surface area contributed by atoms with Crippen molar-refractivity contribution in [2.24, 2.45) is 5.92 Å². The third-order valence-corrected chi connectivity index (χ3v) is 5.25. The number of carboxylic acid groups (broad SMARTS) is 1. The van der Waals surface area contributed by atoms with E-state index in [1.165, 1.54) is 11.3 Å². The van der Waals surface area contributed by atoms with Crippen molar-refractivity contribution >= 4 is 23.2 Å². The number of rotatable bonds is 6. The number of likely N-dealkylation sites (tertiary alicyclic amines) is 1. The first-order valence-corrected chi connectivity index (χ1v) is 9.67. The molecule has 1 amide bonds. The molecule has 1 aromatic carbocycles. The number of carbonyl (C=O) groups is 2. The van der Waals surface area contributed by atoms with Crippen LogP contribution in [0, 0.1) is 5.92 Å². The van der Waals surface area contributed by atoms with Crippen molar-refractivity contribution in [1.29, 1.82) is 0 Å². The molecule has 26 heavy (non-hydrogen) atoms. The van der Waals surface area contributed by atoms with E-state index in [0.717, 1.165) is 22.7 Å². The van der Waals surface area contributed by atoms with Gasteiger partial charge in [-0.1, -0.05) is 6.92 Å². The summed E-state index contributed by atoms with van der Waals surface area (Å²) in [4.78, 5) is 29.9. The first-order valence-electron chi connectivity index (χ1n) is 8.79. The fraction of sp³-hybridized carbons (Fsp3) is 0.421. The van der Waals surface area contributed by atoms with Crippen LogP contribution in [0.2, 0.25) is 0 Å². The molecule has 7 heteroatoms.